The molecule has 2 aromatic heterocycles. The van der Waals surface area contributed by atoms with Gasteiger partial charge in [0.25, 0.3) is 0 Å². The molecule has 3 aliphatic carbocycles. The zero-order chi connectivity index (χ0) is 27.1. The lowest BCUT2D eigenvalue weighted by molar-refractivity contribution is -0.126. The van der Waals surface area contributed by atoms with Gasteiger partial charge in [0, 0.05) is 36.2 Å². The second-order valence-electron chi connectivity index (χ2n) is 11.0. The molecule has 0 aliphatic heterocycles. The van der Waals surface area contributed by atoms with Crippen LogP contribution in [0.5, 0.6) is 0 Å². The van der Waals surface area contributed by atoms with Gasteiger partial charge in [-0.15, -0.1) is 0 Å². The van der Waals surface area contributed by atoms with Crippen LogP contribution in [0.25, 0.3) is 11.2 Å². The molecule has 3 aromatic rings. The Balaban J connectivity index is 1.24. The summed E-state index contributed by atoms with van der Waals surface area (Å²) < 4.78 is 44.2. The first kappa shape index (κ1) is 25.8. The lowest BCUT2D eigenvalue weighted by Crippen LogP contribution is -2.37. The number of anilines is 3. The van der Waals surface area contributed by atoms with Crippen molar-refractivity contribution in [1.29, 1.82) is 0 Å². The van der Waals surface area contributed by atoms with Gasteiger partial charge in [0.1, 0.15) is 17.0 Å². The van der Waals surface area contributed by atoms with Crippen LogP contribution in [0.4, 0.5) is 30.8 Å². The third kappa shape index (κ3) is 5.66. The fraction of sp³-hybridized carbons (Fsp3) is 0.556. The van der Waals surface area contributed by atoms with E-state index in [1.54, 1.807) is 10.8 Å². The van der Waals surface area contributed by atoms with Gasteiger partial charge in [-0.3, -0.25) is 9.36 Å². The van der Waals surface area contributed by atoms with Gasteiger partial charge in [-0.2, -0.15) is 4.98 Å². The minimum Gasteiger partial charge on any atom is -0.393 e. The van der Waals surface area contributed by atoms with Crippen molar-refractivity contribution in [2.24, 2.45) is 5.92 Å². The van der Waals surface area contributed by atoms with E-state index in [-0.39, 0.29) is 29.9 Å². The number of hydrogen-bond acceptors (Lipinski definition) is 7. The van der Waals surface area contributed by atoms with Crippen molar-refractivity contribution in [3.05, 3.63) is 35.8 Å². The van der Waals surface area contributed by atoms with Crippen LogP contribution in [0.2, 0.25) is 0 Å². The number of halogens is 3. The smallest absolute Gasteiger partial charge is 0.224 e. The summed E-state index contributed by atoms with van der Waals surface area (Å²) in [7, 11) is 0. The number of nitrogens with one attached hydrogen (secondary N) is 3. The van der Waals surface area contributed by atoms with E-state index in [0.717, 1.165) is 38.5 Å². The average molecular weight is 544 g/mol. The number of nitrogens with zero attached hydrogens (tertiary/aromatic N) is 4. The van der Waals surface area contributed by atoms with Crippen LogP contribution >= 0.6 is 0 Å². The molecular weight excluding hydrogens is 511 g/mol. The van der Waals surface area contributed by atoms with Crippen molar-refractivity contribution in [3.8, 4) is 0 Å². The van der Waals surface area contributed by atoms with Gasteiger partial charge >= 0.3 is 0 Å². The summed E-state index contributed by atoms with van der Waals surface area (Å²) in [5, 5.41) is 19.2. The Kier molecular flexibility index (Phi) is 7.05. The monoisotopic (exact) mass is 543 g/mol. The van der Waals surface area contributed by atoms with E-state index in [1.165, 1.54) is 0 Å². The normalized spacial score (nSPS) is 25.4. The number of rotatable bonds is 7. The number of aliphatic hydroxyl groups excluding tert-OH is 1. The van der Waals surface area contributed by atoms with E-state index >= 15 is 0 Å². The topological polar surface area (TPSA) is 117 Å². The highest BCUT2D eigenvalue weighted by atomic mass is 19.1. The molecule has 0 radical (unpaired) electrons. The van der Waals surface area contributed by atoms with E-state index in [4.69, 9.17) is 4.98 Å². The molecule has 0 spiro atoms. The number of aromatic nitrogens is 4. The third-order valence-corrected chi connectivity index (χ3v) is 8.06. The zero-order valence-electron chi connectivity index (χ0n) is 21.5. The molecule has 1 amide bonds. The minimum absolute atomic E-state index is 0.0380. The summed E-state index contributed by atoms with van der Waals surface area (Å²) in [4.78, 5) is 26.1. The van der Waals surface area contributed by atoms with Gasteiger partial charge in [0.15, 0.2) is 17.3 Å². The molecule has 3 aliphatic rings. The number of aliphatic hydroxyl groups is 1. The Bertz CT molecular complexity index is 1340. The number of amides is 1. The molecule has 0 bridgehead atoms. The second kappa shape index (κ2) is 10.6. The summed E-state index contributed by atoms with van der Waals surface area (Å²) in [6, 6.07) is 1.59. The Morgan fingerprint density at radius 1 is 0.897 bits per heavy atom. The fourth-order valence-corrected chi connectivity index (χ4v) is 5.71. The van der Waals surface area contributed by atoms with Crippen molar-refractivity contribution < 1.29 is 23.1 Å². The molecule has 0 atom stereocenters. The van der Waals surface area contributed by atoms with Crippen molar-refractivity contribution in [2.75, 3.05) is 10.6 Å². The molecule has 2 heterocycles. The van der Waals surface area contributed by atoms with Crippen molar-refractivity contribution in [1.82, 2.24) is 24.8 Å². The molecule has 1 aromatic carbocycles. The highest BCUT2D eigenvalue weighted by molar-refractivity contribution is 5.79. The maximum atomic E-state index is 14.5. The van der Waals surface area contributed by atoms with Gasteiger partial charge in [0.2, 0.25) is 17.8 Å². The van der Waals surface area contributed by atoms with E-state index in [1.807, 2.05) is 0 Å². The van der Waals surface area contributed by atoms with Crippen LogP contribution in [0.3, 0.4) is 0 Å². The van der Waals surface area contributed by atoms with Crippen LogP contribution in [0.1, 0.15) is 70.3 Å². The summed E-state index contributed by atoms with van der Waals surface area (Å²) >= 11 is 0. The number of hydrogen-bond donors (Lipinski definition) is 4. The summed E-state index contributed by atoms with van der Waals surface area (Å²) in [5.74, 6) is -2.37. The summed E-state index contributed by atoms with van der Waals surface area (Å²) in [5.41, 5.74) is 0.437. The van der Waals surface area contributed by atoms with E-state index in [0.29, 0.717) is 61.0 Å². The molecule has 0 saturated heterocycles. The Hall–Kier alpha value is -3.41. The Morgan fingerprint density at radius 2 is 1.56 bits per heavy atom. The average Bonchev–Trinajstić information content (AvgIpc) is 3.65. The molecule has 6 rings (SSSR count). The zero-order valence-corrected chi connectivity index (χ0v) is 21.5. The Labute approximate surface area is 223 Å². The lowest BCUT2D eigenvalue weighted by atomic mass is 9.85. The maximum Gasteiger partial charge on any atom is 0.224 e. The third-order valence-electron chi connectivity index (χ3n) is 8.06. The van der Waals surface area contributed by atoms with Gasteiger partial charge in [-0.05, 0) is 64.2 Å². The number of imidazole rings is 1. The SMILES string of the molecule is O=C(NC1CC1)C1CCC(Nc2ncc3nc(Nc4c(F)cc(F)cc4F)n([C@H]4CC[C@@H](O)CC4)c3n2)CC1. The fourth-order valence-electron chi connectivity index (χ4n) is 5.71. The lowest BCUT2D eigenvalue weighted by Gasteiger charge is -2.29. The first-order valence-electron chi connectivity index (χ1n) is 13.8. The standard InChI is InChI=1S/C27H32F3N7O2/c28-15-11-20(29)23(21(30)12-15)35-27-34-22-13-31-26(36-24(22)37(27)18-7-9-19(38)10-8-18)33-17-3-1-14(2-4-17)25(39)32-16-5-6-16/h11-14,16-19,38H,1-10H2,(H,32,39)(H,34,35)(H,31,33,36)/t14?,17?,18-,19+. The number of carbonyl (C=O) groups is 1. The van der Waals surface area contributed by atoms with Gasteiger partial charge < -0.3 is 21.1 Å². The number of carbonyl (C=O) groups excluding carboxylic acids is 1. The van der Waals surface area contributed by atoms with E-state index < -0.39 is 29.2 Å². The predicted octanol–water partition coefficient (Wildman–Crippen LogP) is 4.71. The summed E-state index contributed by atoms with van der Waals surface area (Å²) in [6.07, 6.45) is 8.98. The molecule has 39 heavy (non-hydrogen) atoms. The van der Waals surface area contributed by atoms with Gasteiger partial charge in [0.05, 0.1) is 12.3 Å². The molecule has 208 valence electrons. The quantitative estimate of drug-likeness (QED) is 0.341. The summed E-state index contributed by atoms with van der Waals surface area (Å²) in [6.45, 7) is 0. The van der Waals surface area contributed by atoms with Crippen LogP contribution < -0.4 is 16.0 Å². The number of fused-ring (bicyclic) bond motifs is 1. The molecular formula is C27H32F3N7O2. The minimum atomic E-state index is -1.07. The molecule has 0 unspecified atom stereocenters. The highest BCUT2D eigenvalue weighted by Gasteiger charge is 2.31. The maximum absolute atomic E-state index is 14.5. The van der Waals surface area contributed by atoms with Crippen molar-refractivity contribution >= 4 is 34.7 Å². The molecule has 3 saturated carbocycles. The molecule has 12 heteroatoms. The highest BCUT2D eigenvalue weighted by Crippen LogP contribution is 2.36. The predicted molar refractivity (Wildman–Crippen MR) is 139 cm³/mol. The van der Waals surface area contributed by atoms with Gasteiger partial charge in [-0.25, -0.2) is 23.1 Å². The van der Waals surface area contributed by atoms with Crippen molar-refractivity contribution in [2.45, 2.75) is 88.4 Å². The first-order chi connectivity index (χ1) is 18.8. The second-order valence-corrected chi connectivity index (χ2v) is 11.0. The van der Waals surface area contributed by atoms with E-state index in [9.17, 15) is 23.1 Å². The van der Waals surface area contributed by atoms with Crippen LogP contribution in [-0.2, 0) is 4.79 Å². The number of benzene rings is 1. The molecule has 3 fully saturated rings. The van der Waals surface area contributed by atoms with Gasteiger partial charge in [-0.1, -0.05) is 0 Å². The van der Waals surface area contributed by atoms with Crippen LogP contribution in [0.15, 0.2) is 18.3 Å². The Morgan fingerprint density at radius 3 is 2.23 bits per heavy atom. The molecule has 4 N–H and O–H groups in total. The first-order valence-corrected chi connectivity index (χ1v) is 13.8. The molecule has 9 nitrogen and oxygen atoms in total. The van der Waals surface area contributed by atoms with Crippen LogP contribution in [-0.4, -0.2) is 48.7 Å². The van der Waals surface area contributed by atoms with E-state index in [2.05, 4.69) is 25.9 Å². The van der Waals surface area contributed by atoms with Crippen molar-refractivity contribution in [3.63, 3.8) is 0 Å². The largest absolute Gasteiger partial charge is 0.393 e. The van der Waals surface area contributed by atoms with Crippen LogP contribution in [0, 0.1) is 23.4 Å².